The molecule has 1 aromatic heterocycles. The van der Waals surface area contributed by atoms with E-state index in [0.29, 0.717) is 28.8 Å². The predicted octanol–water partition coefficient (Wildman–Crippen LogP) is 3.05. The van der Waals surface area contributed by atoms with E-state index in [0.717, 1.165) is 25.9 Å². The molecule has 21 heavy (non-hydrogen) atoms. The Labute approximate surface area is 124 Å². The maximum Gasteiger partial charge on any atom is 0.140 e. The average molecular weight is 288 g/mol. The Bertz CT molecular complexity index is 615. The second-order valence-corrected chi connectivity index (χ2v) is 5.90. The molecule has 0 saturated carbocycles. The number of aromatic nitrogens is 2. The number of fused-ring (bicyclic) bond motifs is 1. The van der Waals surface area contributed by atoms with E-state index in [1.54, 1.807) is 6.07 Å². The largest absolute Gasteiger partial charge is 0.367 e. The smallest absolute Gasteiger partial charge is 0.140 e. The van der Waals surface area contributed by atoms with E-state index in [2.05, 4.69) is 34.0 Å². The summed E-state index contributed by atoms with van der Waals surface area (Å²) in [5, 5.41) is 3.90. The van der Waals surface area contributed by atoms with Gasteiger partial charge in [0.25, 0.3) is 0 Å². The summed E-state index contributed by atoms with van der Waals surface area (Å²) in [5.41, 5.74) is 0.645. The number of hydrogen-bond acceptors (Lipinski definition) is 4. The van der Waals surface area contributed by atoms with Gasteiger partial charge in [0.15, 0.2) is 0 Å². The van der Waals surface area contributed by atoms with Gasteiger partial charge in [-0.05, 0) is 38.8 Å². The molecule has 1 saturated heterocycles. The highest BCUT2D eigenvalue weighted by molar-refractivity contribution is 5.89. The van der Waals surface area contributed by atoms with Gasteiger partial charge in [-0.2, -0.15) is 0 Å². The highest BCUT2D eigenvalue weighted by atomic mass is 19.1. The number of likely N-dealkylation sites (tertiary alicyclic amines) is 1. The van der Waals surface area contributed by atoms with Crippen molar-refractivity contribution in [3.8, 4) is 0 Å². The number of nitrogens with one attached hydrogen (secondary N) is 1. The minimum atomic E-state index is -0.268. The number of benzene rings is 1. The minimum Gasteiger partial charge on any atom is -0.367 e. The van der Waals surface area contributed by atoms with Crippen LogP contribution in [-0.4, -0.2) is 40.0 Å². The summed E-state index contributed by atoms with van der Waals surface area (Å²) < 4.78 is 14.0. The Kier molecular flexibility index (Phi) is 4.01. The molecule has 112 valence electrons. The second-order valence-electron chi connectivity index (χ2n) is 5.90. The van der Waals surface area contributed by atoms with Crippen molar-refractivity contribution in [3.05, 3.63) is 30.3 Å². The van der Waals surface area contributed by atoms with Gasteiger partial charge >= 0.3 is 0 Å². The lowest BCUT2D eigenvalue weighted by molar-refractivity contribution is 0.177. The van der Waals surface area contributed by atoms with Crippen LogP contribution in [0.5, 0.6) is 0 Å². The first kappa shape index (κ1) is 14.2. The van der Waals surface area contributed by atoms with E-state index in [9.17, 15) is 4.39 Å². The van der Waals surface area contributed by atoms with Crippen LogP contribution in [0.1, 0.15) is 26.7 Å². The molecule has 0 unspecified atom stereocenters. The molecule has 1 aliphatic heterocycles. The lowest BCUT2D eigenvalue weighted by Crippen LogP contribution is -2.42. The predicted molar refractivity (Wildman–Crippen MR) is 82.8 cm³/mol. The summed E-state index contributed by atoms with van der Waals surface area (Å²) in [5.74, 6) is 0.344. The third-order valence-corrected chi connectivity index (χ3v) is 4.21. The Morgan fingerprint density at radius 3 is 2.71 bits per heavy atom. The Morgan fingerprint density at radius 1 is 1.24 bits per heavy atom. The van der Waals surface area contributed by atoms with Crippen molar-refractivity contribution in [2.75, 3.05) is 18.4 Å². The number of nitrogens with zero attached hydrogens (tertiary/aromatic N) is 3. The van der Waals surface area contributed by atoms with Crippen molar-refractivity contribution in [2.24, 2.45) is 0 Å². The van der Waals surface area contributed by atoms with Crippen LogP contribution in [-0.2, 0) is 0 Å². The first-order valence-electron chi connectivity index (χ1n) is 7.55. The maximum absolute atomic E-state index is 14.0. The van der Waals surface area contributed by atoms with Crippen molar-refractivity contribution in [1.82, 2.24) is 14.9 Å². The molecule has 0 radical (unpaired) electrons. The van der Waals surface area contributed by atoms with Crippen molar-refractivity contribution >= 4 is 16.7 Å². The summed E-state index contributed by atoms with van der Waals surface area (Å²) in [6, 6.07) is 5.88. The number of hydrogen-bond donors (Lipinski definition) is 1. The zero-order valence-corrected chi connectivity index (χ0v) is 12.5. The van der Waals surface area contributed by atoms with Gasteiger partial charge in [0, 0.05) is 25.2 Å². The van der Waals surface area contributed by atoms with Crippen LogP contribution in [0, 0.1) is 5.82 Å². The van der Waals surface area contributed by atoms with E-state index < -0.39 is 0 Å². The van der Waals surface area contributed by atoms with Gasteiger partial charge in [0.05, 0.1) is 10.9 Å². The van der Waals surface area contributed by atoms with Crippen LogP contribution < -0.4 is 5.32 Å². The topological polar surface area (TPSA) is 41.0 Å². The minimum absolute atomic E-state index is 0.268. The second kappa shape index (κ2) is 5.93. The van der Waals surface area contributed by atoms with E-state index in [-0.39, 0.29) is 5.82 Å². The summed E-state index contributed by atoms with van der Waals surface area (Å²) in [4.78, 5) is 10.8. The third kappa shape index (κ3) is 2.97. The summed E-state index contributed by atoms with van der Waals surface area (Å²) >= 11 is 0. The Hall–Kier alpha value is -1.75. The fourth-order valence-electron chi connectivity index (χ4n) is 2.93. The zero-order valence-electron chi connectivity index (χ0n) is 12.5. The first-order valence-corrected chi connectivity index (χ1v) is 7.55. The summed E-state index contributed by atoms with van der Waals surface area (Å²) in [6.07, 6.45) is 3.60. The fraction of sp³-hybridized carbons (Fsp3) is 0.500. The summed E-state index contributed by atoms with van der Waals surface area (Å²) in [7, 11) is 0. The van der Waals surface area contributed by atoms with E-state index in [4.69, 9.17) is 0 Å². The number of piperidine rings is 1. The molecular weight excluding hydrogens is 267 g/mol. The normalized spacial score (nSPS) is 17.5. The van der Waals surface area contributed by atoms with Crippen molar-refractivity contribution < 1.29 is 4.39 Å². The molecule has 0 bridgehead atoms. The van der Waals surface area contributed by atoms with Crippen LogP contribution in [0.2, 0.25) is 0 Å². The molecule has 2 aromatic rings. The monoisotopic (exact) mass is 288 g/mol. The van der Waals surface area contributed by atoms with Crippen LogP contribution >= 0.6 is 0 Å². The van der Waals surface area contributed by atoms with Crippen LogP contribution in [0.3, 0.4) is 0 Å². The lowest BCUT2D eigenvalue weighted by Gasteiger charge is -2.35. The molecule has 0 amide bonds. The van der Waals surface area contributed by atoms with E-state index in [1.165, 1.54) is 12.4 Å². The highest BCUT2D eigenvalue weighted by Crippen LogP contribution is 2.25. The average Bonchev–Trinajstić information content (AvgIpc) is 2.48. The SMILES string of the molecule is CC(C)N1CCC(Nc2ncnc3cccc(F)c23)CC1. The molecule has 4 nitrogen and oxygen atoms in total. The quantitative estimate of drug-likeness (QED) is 0.942. The molecule has 0 spiro atoms. The molecule has 3 rings (SSSR count). The van der Waals surface area contributed by atoms with Gasteiger partial charge in [-0.3, -0.25) is 0 Å². The van der Waals surface area contributed by atoms with Crippen molar-refractivity contribution in [3.63, 3.8) is 0 Å². The third-order valence-electron chi connectivity index (χ3n) is 4.21. The van der Waals surface area contributed by atoms with Crippen molar-refractivity contribution in [1.29, 1.82) is 0 Å². The molecule has 1 fully saturated rings. The van der Waals surface area contributed by atoms with E-state index >= 15 is 0 Å². The molecule has 5 heteroatoms. The molecule has 0 aliphatic carbocycles. The number of halogens is 1. The maximum atomic E-state index is 14.0. The molecule has 0 atom stereocenters. The fourth-order valence-corrected chi connectivity index (χ4v) is 2.93. The first-order chi connectivity index (χ1) is 10.1. The van der Waals surface area contributed by atoms with Gasteiger partial charge in [-0.15, -0.1) is 0 Å². The lowest BCUT2D eigenvalue weighted by atomic mass is 10.0. The van der Waals surface area contributed by atoms with Gasteiger partial charge in [0.1, 0.15) is 18.0 Å². The standard InChI is InChI=1S/C16H21FN4/c1-11(2)21-8-6-12(7-9-21)20-16-15-13(17)4-3-5-14(15)18-10-19-16/h3-5,10-12H,6-9H2,1-2H3,(H,18,19,20). The highest BCUT2D eigenvalue weighted by Gasteiger charge is 2.21. The molecule has 1 aromatic carbocycles. The van der Waals surface area contributed by atoms with Crippen LogP contribution in [0.4, 0.5) is 10.2 Å². The van der Waals surface area contributed by atoms with E-state index in [1.807, 2.05) is 6.07 Å². The van der Waals surface area contributed by atoms with Gasteiger partial charge < -0.3 is 10.2 Å². The van der Waals surface area contributed by atoms with Gasteiger partial charge in [0.2, 0.25) is 0 Å². The molecule has 1 N–H and O–H groups in total. The van der Waals surface area contributed by atoms with Crippen molar-refractivity contribution in [2.45, 2.75) is 38.8 Å². The van der Waals surface area contributed by atoms with Gasteiger partial charge in [-0.25, -0.2) is 14.4 Å². The summed E-state index contributed by atoms with van der Waals surface area (Å²) in [6.45, 7) is 6.59. The van der Waals surface area contributed by atoms with Gasteiger partial charge in [-0.1, -0.05) is 6.07 Å². The molecular formula is C16H21FN4. The van der Waals surface area contributed by atoms with Crippen LogP contribution in [0.15, 0.2) is 24.5 Å². The van der Waals surface area contributed by atoms with Crippen LogP contribution in [0.25, 0.3) is 10.9 Å². The molecule has 1 aliphatic rings. The Morgan fingerprint density at radius 2 is 2.00 bits per heavy atom. The molecule has 2 heterocycles. The number of rotatable bonds is 3. The number of anilines is 1. The Balaban J connectivity index is 1.77. The zero-order chi connectivity index (χ0) is 14.8.